The van der Waals surface area contributed by atoms with Gasteiger partial charge in [0, 0.05) is 30.8 Å². The van der Waals surface area contributed by atoms with Crippen LogP contribution in [0.3, 0.4) is 0 Å². The molecule has 0 atom stereocenters. The third-order valence-electron chi connectivity index (χ3n) is 5.38. The summed E-state index contributed by atoms with van der Waals surface area (Å²) >= 11 is 0. The summed E-state index contributed by atoms with van der Waals surface area (Å²) in [6, 6.07) is 15.5. The van der Waals surface area contributed by atoms with Crippen LogP contribution in [-0.4, -0.2) is 27.2 Å². The standard InChI is InChI=1S/C24H26N4O2/c1-4-28-17(3)20(16(2)27-28)12-13-25-24(29)19-10-11-21-22(15-19)30-23(26-21)14-18-8-6-5-7-9-18/h5-11,15H,4,12-14H2,1-3H3,(H,25,29). The van der Waals surface area contributed by atoms with Crippen molar-refractivity contribution in [2.75, 3.05) is 6.54 Å². The molecule has 0 bridgehead atoms. The zero-order chi connectivity index (χ0) is 21.1. The van der Waals surface area contributed by atoms with E-state index in [1.54, 1.807) is 12.1 Å². The van der Waals surface area contributed by atoms with E-state index in [-0.39, 0.29) is 5.91 Å². The number of aryl methyl sites for hydroxylation is 2. The van der Waals surface area contributed by atoms with Crippen molar-refractivity contribution in [2.45, 2.75) is 40.2 Å². The second kappa shape index (κ2) is 8.53. The molecule has 0 fully saturated rings. The first-order chi connectivity index (χ1) is 14.5. The fourth-order valence-corrected chi connectivity index (χ4v) is 3.77. The second-order valence-corrected chi connectivity index (χ2v) is 7.42. The average Bonchev–Trinajstić information content (AvgIpc) is 3.28. The van der Waals surface area contributed by atoms with Crippen LogP contribution in [0.5, 0.6) is 0 Å². The van der Waals surface area contributed by atoms with E-state index in [0.717, 1.165) is 29.7 Å². The minimum Gasteiger partial charge on any atom is -0.440 e. The van der Waals surface area contributed by atoms with Gasteiger partial charge in [0.25, 0.3) is 5.91 Å². The maximum Gasteiger partial charge on any atom is 0.251 e. The van der Waals surface area contributed by atoms with Crippen molar-refractivity contribution in [3.63, 3.8) is 0 Å². The van der Waals surface area contributed by atoms with Gasteiger partial charge in [0.1, 0.15) is 5.52 Å². The molecule has 0 saturated carbocycles. The third kappa shape index (κ3) is 4.13. The van der Waals surface area contributed by atoms with E-state index in [9.17, 15) is 4.79 Å². The number of rotatable bonds is 7. The van der Waals surface area contributed by atoms with Crippen LogP contribution in [0, 0.1) is 13.8 Å². The summed E-state index contributed by atoms with van der Waals surface area (Å²) in [6.07, 6.45) is 1.39. The quantitative estimate of drug-likeness (QED) is 0.502. The highest BCUT2D eigenvalue weighted by atomic mass is 16.3. The first-order valence-corrected chi connectivity index (χ1v) is 10.3. The number of nitrogens with one attached hydrogen (secondary N) is 1. The van der Waals surface area contributed by atoms with Crippen LogP contribution in [0.2, 0.25) is 0 Å². The second-order valence-electron chi connectivity index (χ2n) is 7.42. The lowest BCUT2D eigenvalue weighted by molar-refractivity contribution is 0.0954. The van der Waals surface area contributed by atoms with Crippen molar-refractivity contribution in [1.29, 1.82) is 0 Å². The summed E-state index contributed by atoms with van der Waals surface area (Å²) in [7, 11) is 0. The lowest BCUT2D eigenvalue weighted by Gasteiger charge is -2.06. The molecule has 0 unspecified atom stereocenters. The summed E-state index contributed by atoms with van der Waals surface area (Å²) in [6.45, 7) is 7.58. The molecule has 1 N–H and O–H groups in total. The van der Waals surface area contributed by atoms with E-state index >= 15 is 0 Å². The Labute approximate surface area is 175 Å². The number of carbonyl (C=O) groups is 1. The topological polar surface area (TPSA) is 73.0 Å². The molecular formula is C24H26N4O2. The highest BCUT2D eigenvalue weighted by Crippen LogP contribution is 2.20. The molecule has 30 heavy (non-hydrogen) atoms. The van der Waals surface area contributed by atoms with Crippen LogP contribution in [-0.2, 0) is 19.4 Å². The van der Waals surface area contributed by atoms with E-state index < -0.39 is 0 Å². The van der Waals surface area contributed by atoms with E-state index in [2.05, 4.69) is 29.2 Å². The van der Waals surface area contributed by atoms with E-state index in [0.29, 0.717) is 30.0 Å². The van der Waals surface area contributed by atoms with Crippen molar-refractivity contribution in [2.24, 2.45) is 0 Å². The van der Waals surface area contributed by atoms with E-state index in [1.807, 2.05) is 48.0 Å². The van der Waals surface area contributed by atoms with Gasteiger partial charge >= 0.3 is 0 Å². The zero-order valence-corrected chi connectivity index (χ0v) is 17.6. The highest BCUT2D eigenvalue weighted by molar-refractivity contribution is 5.97. The van der Waals surface area contributed by atoms with Gasteiger partial charge in [-0.1, -0.05) is 30.3 Å². The molecule has 1 amide bonds. The Morgan fingerprint density at radius 1 is 1.13 bits per heavy atom. The van der Waals surface area contributed by atoms with Gasteiger partial charge in [-0.15, -0.1) is 0 Å². The first-order valence-electron chi connectivity index (χ1n) is 10.3. The van der Waals surface area contributed by atoms with Gasteiger partial charge in [-0.25, -0.2) is 4.98 Å². The molecule has 154 valence electrons. The third-order valence-corrected chi connectivity index (χ3v) is 5.38. The molecular weight excluding hydrogens is 376 g/mol. The summed E-state index contributed by atoms with van der Waals surface area (Å²) in [5, 5.41) is 7.54. The molecule has 2 heterocycles. The SMILES string of the molecule is CCn1nc(C)c(CCNC(=O)c2ccc3nc(Cc4ccccc4)oc3c2)c1C. The predicted octanol–water partition coefficient (Wildman–Crippen LogP) is 4.22. The van der Waals surface area contributed by atoms with Crippen LogP contribution in [0.25, 0.3) is 11.1 Å². The van der Waals surface area contributed by atoms with Gasteiger partial charge in [0.15, 0.2) is 11.5 Å². The number of fused-ring (bicyclic) bond motifs is 1. The van der Waals surface area contributed by atoms with Crippen LogP contribution in [0.1, 0.15) is 45.7 Å². The molecule has 2 aromatic carbocycles. The number of hydrogen-bond donors (Lipinski definition) is 1. The zero-order valence-electron chi connectivity index (χ0n) is 17.6. The Bertz CT molecular complexity index is 1170. The Balaban J connectivity index is 1.41. The van der Waals surface area contributed by atoms with Gasteiger partial charge < -0.3 is 9.73 Å². The first kappa shape index (κ1) is 19.9. The molecule has 0 aliphatic heterocycles. The Kier molecular flexibility index (Phi) is 5.65. The van der Waals surface area contributed by atoms with Gasteiger partial charge in [-0.3, -0.25) is 9.48 Å². The predicted molar refractivity (Wildman–Crippen MR) is 117 cm³/mol. The number of nitrogens with zero attached hydrogens (tertiary/aromatic N) is 3. The van der Waals surface area contributed by atoms with Gasteiger partial charge in [-0.05, 0) is 56.5 Å². The fraction of sp³-hybridized carbons (Fsp3) is 0.292. The Morgan fingerprint density at radius 2 is 1.93 bits per heavy atom. The number of aromatic nitrogens is 3. The normalized spacial score (nSPS) is 11.2. The maximum absolute atomic E-state index is 12.6. The van der Waals surface area contributed by atoms with Crippen LogP contribution in [0.4, 0.5) is 0 Å². The molecule has 0 spiro atoms. The number of carbonyl (C=O) groups excluding carboxylic acids is 1. The maximum atomic E-state index is 12.6. The highest BCUT2D eigenvalue weighted by Gasteiger charge is 2.13. The van der Waals surface area contributed by atoms with Crippen molar-refractivity contribution in [1.82, 2.24) is 20.1 Å². The van der Waals surface area contributed by atoms with Gasteiger partial charge in [0.05, 0.1) is 5.69 Å². The largest absolute Gasteiger partial charge is 0.440 e. The van der Waals surface area contributed by atoms with Gasteiger partial charge in [-0.2, -0.15) is 5.10 Å². The average molecular weight is 402 g/mol. The monoisotopic (exact) mass is 402 g/mol. The molecule has 0 aliphatic rings. The summed E-state index contributed by atoms with van der Waals surface area (Å²) in [4.78, 5) is 17.1. The van der Waals surface area contributed by atoms with E-state index in [4.69, 9.17) is 4.42 Å². The molecule has 4 aromatic rings. The van der Waals surface area contributed by atoms with E-state index in [1.165, 1.54) is 11.3 Å². The van der Waals surface area contributed by atoms with Crippen LogP contribution >= 0.6 is 0 Å². The molecule has 0 radical (unpaired) electrons. The van der Waals surface area contributed by atoms with Crippen molar-refractivity contribution >= 4 is 17.0 Å². The van der Waals surface area contributed by atoms with Crippen molar-refractivity contribution in [3.05, 3.63) is 82.5 Å². The smallest absolute Gasteiger partial charge is 0.251 e. The number of amides is 1. The molecule has 6 nitrogen and oxygen atoms in total. The molecule has 2 aromatic heterocycles. The van der Waals surface area contributed by atoms with Gasteiger partial charge in [0.2, 0.25) is 0 Å². The Morgan fingerprint density at radius 3 is 2.67 bits per heavy atom. The van der Waals surface area contributed by atoms with Crippen LogP contribution < -0.4 is 5.32 Å². The minimum atomic E-state index is -0.115. The Hall–Kier alpha value is -3.41. The molecule has 6 heteroatoms. The number of benzene rings is 2. The number of hydrogen-bond acceptors (Lipinski definition) is 4. The summed E-state index contributed by atoms with van der Waals surface area (Å²) in [5.74, 6) is 0.531. The molecule has 0 aliphatic carbocycles. The lowest BCUT2D eigenvalue weighted by atomic mass is 10.1. The van der Waals surface area contributed by atoms with Crippen molar-refractivity contribution in [3.8, 4) is 0 Å². The van der Waals surface area contributed by atoms with Crippen molar-refractivity contribution < 1.29 is 9.21 Å². The fourth-order valence-electron chi connectivity index (χ4n) is 3.77. The summed E-state index contributed by atoms with van der Waals surface area (Å²) < 4.78 is 7.88. The lowest BCUT2D eigenvalue weighted by Crippen LogP contribution is -2.25. The van der Waals surface area contributed by atoms with Crippen LogP contribution in [0.15, 0.2) is 52.9 Å². The number of oxazole rings is 1. The minimum absolute atomic E-state index is 0.115. The molecule has 4 rings (SSSR count). The summed E-state index contributed by atoms with van der Waals surface area (Å²) in [5.41, 5.74) is 6.49. The molecule has 0 saturated heterocycles.